The van der Waals surface area contributed by atoms with Gasteiger partial charge in [0.1, 0.15) is 12.4 Å². The quantitative estimate of drug-likeness (QED) is 0.668. The summed E-state index contributed by atoms with van der Waals surface area (Å²) in [6.07, 6.45) is 5.73. The van der Waals surface area contributed by atoms with Crippen molar-refractivity contribution in [1.82, 2.24) is 9.78 Å². The van der Waals surface area contributed by atoms with Crippen molar-refractivity contribution in [3.8, 4) is 0 Å². The fraction of sp³-hybridized carbons (Fsp3) is 0.375. The van der Waals surface area contributed by atoms with Gasteiger partial charge in [-0.2, -0.15) is 5.10 Å². The number of hydrogen-bond acceptors (Lipinski definition) is 4. The first-order valence-corrected chi connectivity index (χ1v) is 10.7. The molecule has 6 nitrogen and oxygen atoms in total. The van der Waals surface area contributed by atoms with E-state index in [9.17, 15) is 14.0 Å². The molecule has 0 saturated heterocycles. The first-order valence-electron chi connectivity index (χ1n) is 10.7. The number of nitrogens with one attached hydrogen (secondary N) is 1. The third-order valence-electron chi connectivity index (χ3n) is 6.08. The van der Waals surface area contributed by atoms with Crippen LogP contribution in [-0.4, -0.2) is 28.8 Å². The second-order valence-electron chi connectivity index (χ2n) is 8.21. The molecular formula is C24H27FN4O2. The van der Waals surface area contributed by atoms with Crippen molar-refractivity contribution in [3.63, 3.8) is 0 Å². The SMILES string of the molecule is Cc1nn(CC(=O)Nc2ccc(N(C)C3CCCCC3)c(F)c2)c(=O)c2ccccc12. The molecule has 162 valence electrons. The summed E-state index contributed by atoms with van der Waals surface area (Å²) in [6, 6.07) is 12.2. The average Bonchev–Trinajstić information content (AvgIpc) is 2.77. The van der Waals surface area contributed by atoms with Crippen LogP contribution in [0.3, 0.4) is 0 Å². The average molecular weight is 423 g/mol. The van der Waals surface area contributed by atoms with Crippen LogP contribution in [0.5, 0.6) is 0 Å². The molecule has 0 aliphatic heterocycles. The highest BCUT2D eigenvalue weighted by atomic mass is 19.1. The fourth-order valence-corrected chi connectivity index (χ4v) is 4.38. The number of anilines is 2. The third kappa shape index (κ3) is 4.45. The van der Waals surface area contributed by atoms with E-state index in [1.165, 1.54) is 25.3 Å². The van der Waals surface area contributed by atoms with Gasteiger partial charge in [-0.1, -0.05) is 37.5 Å². The van der Waals surface area contributed by atoms with Crippen molar-refractivity contribution in [2.24, 2.45) is 0 Å². The van der Waals surface area contributed by atoms with Gasteiger partial charge in [0.05, 0.1) is 16.8 Å². The minimum absolute atomic E-state index is 0.240. The summed E-state index contributed by atoms with van der Waals surface area (Å²) in [5, 5.41) is 8.21. The molecule has 1 fully saturated rings. The fourth-order valence-electron chi connectivity index (χ4n) is 4.38. The highest BCUT2D eigenvalue weighted by molar-refractivity contribution is 5.91. The molecule has 0 radical (unpaired) electrons. The Kier molecular flexibility index (Phi) is 6.02. The summed E-state index contributed by atoms with van der Waals surface area (Å²) in [7, 11) is 1.92. The molecule has 0 bridgehead atoms. The standard InChI is InChI=1S/C24H27FN4O2/c1-16-19-10-6-7-11-20(19)24(31)29(27-16)15-23(30)26-17-12-13-22(21(25)14-17)28(2)18-8-4-3-5-9-18/h6-7,10-14,18H,3-5,8-9,15H2,1-2H3,(H,26,30). The Hall–Kier alpha value is -3.22. The van der Waals surface area contributed by atoms with Gasteiger partial charge in [-0.15, -0.1) is 0 Å². The lowest BCUT2D eigenvalue weighted by Crippen LogP contribution is -2.34. The summed E-state index contributed by atoms with van der Waals surface area (Å²) in [5.74, 6) is -0.806. The van der Waals surface area contributed by atoms with Gasteiger partial charge in [-0.05, 0) is 44.0 Å². The molecule has 0 atom stereocenters. The van der Waals surface area contributed by atoms with Gasteiger partial charge in [0.25, 0.3) is 5.56 Å². The zero-order valence-electron chi connectivity index (χ0n) is 17.9. The van der Waals surface area contributed by atoms with Crippen molar-refractivity contribution in [3.05, 3.63) is 64.3 Å². The molecule has 1 aliphatic carbocycles. The van der Waals surface area contributed by atoms with Crippen molar-refractivity contribution < 1.29 is 9.18 Å². The van der Waals surface area contributed by atoms with Gasteiger partial charge >= 0.3 is 0 Å². The van der Waals surface area contributed by atoms with E-state index in [0.29, 0.717) is 28.5 Å². The smallest absolute Gasteiger partial charge is 0.275 e. The predicted octanol–water partition coefficient (Wildman–Crippen LogP) is 4.25. The van der Waals surface area contributed by atoms with Crippen LogP contribution in [0.25, 0.3) is 10.8 Å². The first-order chi connectivity index (χ1) is 14.9. The molecular weight excluding hydrogens is 395 g/mol. The van der Waals surface area contributed by atoms with E-state index in [4.69, 9.17) is 0 Å². The van der Waals surface area contributed by atoms with Gasteiger partial charge in [-0.3, -0.25) is 9.59 Å². The molecule has 0 unspecified atom stereocenters. The number of benzene rings is 2. The molecule has 31 heavy (non-hydrogen) atoms. The zero-order chi connectivity index (χ0) is 22.0. The Morgan fingerprint density at radius 3 is 2.58 bits per heavy atom. The Morgan fingerprint density at radius 2 is 1.87 bits per heavy atom. The lowest BCUT2D eigenvalue weighted by molar-refractivity contribution is -0.117. The third-order valence-corrected chi connectivity index (χ3v) is 6.08. The maximum atomic E-state index is 14.8. The van der Waals surface area contributed by atoms with Crippen LogP contribution in [0, 0.1) is 12.7 Å². The lowest BCUT2D eigenvalue weighted by Gasteiger charge is -2.33. The molecule has 4 rings (SSSR count). The van der Waals surface area contributed by atoms with E-state index in [-0.39, 0.29) is 17.9 Å². The molecule has 1 aliphatic rings. The van der Waals surface area contributed by atoms with Gasteiger partial charge in [-0.25, -0.2) is 9.07 Å². The van der Waals surface area contributed by atoms with Crippen LogP contribution in [-0.2, 0) is 11.3 Å². The van der Waals surface area contributed by atoms with Crippen LogP contribution < -0.4 is 15.8 Å². The van der Waals surface area contributed by atoms with Crippen molar-refractivity contribution in [1.29, 1.82) is 0 Å². The maximum Gasteiger partial charge on any atom is 0.275 e. The molecule has 7 heteroatoms. The summed E-state index contributed by atoms with van der Waals surface area (Å²) in [6.45, 7) is 1.56. The van der Waals surface area contributed by atoms with Gasteiger partial charge in [0.2, 0.25) is 5.91 Å². The van der Waals surface area contributed by atoms with Gasteiger partial charge < -0.3 is 10.2 Å². The lowest BCUT2D eigenvalue weighted by atomic mass is 9.94. The Balaban J connectivity index is 1.48. The summed E-state index contributed by atoms with van der Waals surface area (Å²) >= 11 is 0. The Labute approximate surface area is 180 Å². The second-order valence-corrected chi connectivity index (χ2v) is 8.21. The zero-order valence-corrected chi connectivity index (χ0v) is 17.9. The van der Waals surface area contributed by atoms with Crippen LogP contribution >= 0.6 is 0 Å². The maximum absolute atomic E-state index is 14.8. The van der Waals surface area contributed by atoms with E-state index in [1.54, 1.807) is 31.2 Å². The van der Waals surface area contributed by atoms with Crippen molar-refractivity contribution >= 4 is 28.1 Å². The van der Waals surface area contributed by atoms with E-state index < -0.39 is 5.91 Å². The topological polar surface area (TPSA) is 67.2 Å². The normalized spacial score (nSPS) is 14.5. The van der Waals surface area contributed by atoms with Gasteiger partial charge in [0.15, 0.2) is 0 Å². The van der Waals surface area contributed by atoms with Crippen LogP contribution in [0.15, 0.2) is 47.3 Å². The Morgan fingerprint density at radius 1 is 1.16 bits per heavy atom. The molecule has 0 spiro atoms. The largest absolute Gasteiger partial charge is 0.369 e. The highest BCUT2D eigenvalue weighted by Gasteiger charge is 2.21. The Bertz CT molecular complexity index is 1170. The number of carbonyl (C=O) groups is 1. The van der Waals surface area contributed by atoms with E-state index in [2.05, 4.69) is 10.4 Å². The number of aromatic nitrogens is 2. The van der Waals surface area contributed by atoms with Crippen molar-refractivity contribution in [2.75, 3.05) is 17.3 Å². The minimum atomic E-state index is -0.433. The monoisotopic (exact) mass is 422 g/mol. The number of nitrogens with zero attached hydrogens (tertiary/aromatic N) is 3. The van der Waals surface area contributed by atoms with E-state index in [0.717, 1.165) is 22.9 Å². The molecule has 1 amide bonds. The van der Waals surface area contributed by atoms with Crippen LogP contribution in [0.4, 0.5) is 15.8 Å². The minimum Gasteiger partial charge on any atom is -0.369 e. The number of rotatable bonds is 5. The molecule has 1 N–H and O–H groups in total. The van der Waals surface area contributed by atoms with Crippen molar-refractivity contribution in [2.45, 2.75) is 51.6 Å². The molecule has 1 saturated carbocycles. The second kappa shape index (κ2) is 8.88. The summed E-state index contributed by atoms with van der Waals surface area (Å²) in [4.78, 5) is 27.2. The summed E-state index contributed by atoms with van der Waals surface area (Å²) < 4.78 is 15.9. The molecule has 3 aromatic rings. The summed E-state index contributed by atoms with van der Waals surface area (Å²) in [5.41, 5.74) is 1.23. The number of halogens is 1. The van der Waals surface area contributed by atoms with Gasteiger partial charge in [0, 0.05) is 24.2 Å². The van der Waals surface area contributed by atoms with E-state index in [1.807, 2.05) is 24.1 Å². The highest BCUT2D eigenvalue weighted by Crippen LogP contribution is 2.29. The molecule has 2 aromatic carbocycles. The van der Waals surface area contributed by atoms with Crippen LogP contribution in [0.1, 0.15) is 37.8 Å². The number of carbonyl (C=O) groups excluding carboxylic acids is 1. The molecule has 1 aromatic heterocycles. The van der Waals surface area contributed by atoms with Crippen LogP contribution in [0.2, 0.25) is 0 Å². The molecule has 1 heterocycles. The number of aryl methyl sites for hydroxylation is 1. The van der Waals surface area contributed by atoms with E-state index >= 15 is 0 Å². The number of fused-ring (bicyclic) bond motifs is 1. The number of hydrogen-bond donors (Lipinski definition) is 1. The first kappa shape index (κ1) is 21.0. The predicted molar refractivity (Wildman–Crippen MR) is 121 cm³/mol. The number of amides is 1.